The molecular formula is C15H34N2O2. The number of ether oxygens (including phenoxy) is 2. The number of nitrogens with zero attached hydrogens (tertiary/aromatic N) is 1. The van der Waals surface area contributed by atoms with Gasteiger partial charge in [-0.2, -0.15) is 0 Å². The van der Waals surface area contributed by atoms with Crippen molar-refractivity contribution >= 4 is 0 Å². The van der Waals surface area contributed by atoms with Crippen LogP contribution in [0.4, 0.5) is 0 Å². The van der Waals surface area contributed by atoms with Crippen molar-refractivity contribution in [3.63, 3.8) is 0 Å². The predicted octanol–water partition coefficient (Wildman–Crippen LogP) is 2.12. The van der Waals surface area contributed by atoms with Crippen LogP contribution in [0.3, 0.4) is 0 Å². The molecule has 0 saturated heterocycles. The van der Waals surface area contributed by atoms with Gasteiger partial charge in [-0.05, 0) is 18.3 Å². The molecule has 0 aromatic rings. The maximum absolute atomic E-state index is 6.37. The van der Waals surface area contributed by atoms with Crippen LogP contribution in [0.25, 0.3) is 0 Å². The lowest BCUT2D eigenvalue weighted by atomic mass is 9.80. The Hall–Kier alpha value is -0.160. The average molecular weight is 274 g/mol. The Labute approximate surface area is 119 Å². The fourth-order valence-corrected chi connectivity index (χ4v) is 2.69. The van der Waals surface area contributed by atoms with Crippen molar-refractivity contribution in [2.75, 3.05) is 40.5 Å². The summed E-state index contributed by atoms with van der Waals surface area (Å²) in [7, 11) is 3.50. The van der Waals surface area contributed by atoms with Gasteiger partial charge in [0.1, 0.15) is 0 Å². The minimum absolute atomic E-state index is 0.163. The largest absolute Gasteiger partial charge is 0.385 e. The number of hydrogen-bond donors (Lipinski definition) is 1. The van der Waals surface area contributed by atoms with Gasteiger partial charge in [-0.25, -0.2) is 0 Å². The molecule has 0 aromatic heterocycles. The lowest BCUT2D eigenvalue weighted by molar-refractivity contribution is 0.0442. The zero-order valence-electron chi connectivity index (χ0n) is 13.7. The minimum atomic E-state index is 0.163. The molecule has 0 saturated carbocycles. The van der Waals surface area contributed by atoms with Crippen molar-refractivity contribution in [2.45, 2.75) is 52.6 Å². The van der Waals surface area contributed by atoms with Crippen LogP contribution in [0.2, 0.25) is 0 Å². The molecule has 116 valence electrons. The SMILES string of the molecule is CCC(N)C(N(CCCOC)CCOC)C(C)(C)C. The molecule has 19 heavy (non-hydrogen) atoms. The van der Waals surface area contributed by atoms with E-state index >= 15 is 0 Å². The molecule has 0 aliphatic rings. The van der Waals surface area contributed by atoms with E-state index in [4.69, 9.17) is 15.2 Å². The second kappa shape index (κ2) is 9.70. The molecule has 0 fully saturated rings. The van der Waals surface area contributed by atoms with Crippen molar-refractivity contribution in [1.82, 2.24) is 4.90 Å². The molecule has 0 amide bonds. The third kappa shape index (κ3) is 7.25. The van der Waals surface area contributed by atoms with Crippen molar-refractivity contribution in [1.29, 1.82) is 0 Å². The average Bonchev–Trinajstić information content (AvgIpc) is 2.33. The third-order valence-corrected chi connectivity index (χ3v) is 3.53. The van der Waals surface area contributed by atoms with Gasteiger partial charge < -0.3 is 15.2 Å². The number of rotatable bonds is 10. The van der Waals surface area contributed by atoms with Crippen molar-refractivity contribution in [3.8, 4) is 0 Å². The van der Waals surface area contributed by atoms with Crippen LogP contribution in [-0.2, 0) is 9.47 Å². The van der Waals surface area contributed by atoms with Crippen LogP contribution in [0.1, 0.15) is 40.5 Å². The highest BCUT2D eigenvalue weighted by atomic mass is 16.5. The topological polar surface area (TPSA) is 47.7 Å². The Morgan fingerprint density at radius 3 is 2.05 bits per heavy atom. The summed E-state index contributed by atoms with van der Waals surface area (Å²) in [5.41, 5.74) is 6.53. The quantitative estimate of drug-likeness (QED) is 0.620. The smallest absolute Gasteiger partial charge is 0.0589 e. The summed E-state index contributed by atoms with van der Waals surface area (Å²) < 4.78 is 10.4. The predicted molar refractivity (Wildman–Crippen MR) is 81.5 cm³/mol. The zero-order chi connectivity index (χ0) is 14.9. The first-order valence-electron chi connectivity index (χ1n) is 7.36. The molecule has 2 N–H and O–H groups in total. The van der Waals surface area contributed by atoms with Crippen molar-refractivity contribution in [3.05, 3.63) is 0 Å². The normalized spacial score (nSPS) is 15.8. The number of nitrogens with two attached hydrogens (primary N) is 1. The van der Waals surface area contributed by atoms with E-state index in [2.05, 4.69) is 32.6 Å². The highest BCUT2D eigenvalue weighted by molar-refractivity contribution is 4.90. The van der Waals surface area contributed by atoms with Gasteiger partial charge in [0.15, 0.2) is 0 Å². The highest BCUT2D eigenvalue weighted by Gasteiger charge is 2.33. The van der Waals surface area contributed by atoms with Crippen LogP contribution in [-0.4, -0.2) is 57.5 Å². The Morgan fingerprint density at radius 1 is 1.05 bits per heavy atom. The van der Waals surface area contributed by atoms with Crippen molar-refractivity contribution in [2.24, 2.45) is 11.1 Å². The molecule has 2 unspecified atom stereocenters. The summed E-state index contributed by atoms with van der Waals surface area (Å²) in [6.45, 7) is 12.4. The summed E-state index contributed by atoms with van der Waals surface area (Å²) in [5, 5.41) is 0. The first-order chi connectivity index (χ1) is 8.88. The van der Waals surface area contributed by atoms with Gasteiger partial charge in [-0.1, -0.05) is 27.7 Å². The molecule has 2 atom stereocenters. The summed E-state index contributed by atoms with van der Waals surface area (Å²) in [6, 6.07) is 0.559. The van der Waals surface area contributed by atoms with E-state index in [1.165, 1.54) is 0 Å². The Bertz CT molecular complexity index is 217. The fraction of sp³-hybridized carbons (Fsp3) is 1.00. The van der Waals surface area contributed by atoms with Crippen molar-refractivity contribution < 1.29 is 9.47 Å². The van der Waals surface area contributed by atoms with E-state index < -0.39 is 0 Å². The molecule has 0 spiro atoms. The van der Waals surface area contributed by atoms with Crippen LogP contribution in [0.5, 0.6) is 0 Å². The second-order valence-electron chi connectivity index (χ2n) is 6.26. The molecule has 4 heteroatoms. The standard InChI is InChI=1S/C15H34N2O2/c1-7-13(16)14(15(2,3)4)17(10-12-19-6)9-8-11-18-5/h13-14H,7-12,16H2,1-6H3. The minimum Gasteiger partial charge on any atom is -0.385 e. The summed E-state index contributed by atoms with van der Waals surface area (Å²) in [5.74, 6) is 0. The number of hydrogen-bond acceptors (Lipinski definition) is 4. The molecule has 0 rings (SSSR count). The Balaban J connectivity index is 4.79. The van der Waals surface area contributed by atoms with Gasteiger partial charge in [-0.15, -0.1) is 0 Å². The van der Waals surface area contributed by atoms with E-state index in [-0.39, 0.29) is 11.5 Å². The van der Waals surface area contributed by atoms with E-state index in [9.17, 15) is 0 Å². The molecule has 0 radical (unpaired) electrons. The van der Waals surface area contributed by atoms with Gasteiger partial charge in [-0.3, -0.25) is 4.90 Å². The van der Waals surface area contributed by atoms with Gasteiger partial charge in [0.05, 0.1) is 6.61 Å². The van der Waals surface area contributed by atoms with Crippen LogP contribution in [0.15, 0.2) is 0 Å². The maximum atomic E-state index is 6.37. The molecule has 0 heterocycles. The highest BCUT2D eigenvalue weighted by Crippen LogP contribution is 2.27. The van der Waals surface area contributed by atoms with Gasteiger partial charge in [0, 0.05) is 46.0 Å². The van der Waals surface area contributed by atoms with Gasteiger partial charge in [0.25, 0.3) is 0 Å². The lowest BCUT2D eigenvalue weighted by Gasteiger charge is -2.43. The van der Waals surface area contributed by atoms with Gasteiger partial charge in [0.2, 0.25) is 0 Å². The van der Waals surface area contributed by atoms with E-state index in [1.807, 2.05) is 0 Å². The van der Waals surface area contributed by atoms with Crippen LogP contribution < -0.4 is 5.73 Å². The van der Waals surface area contributed by atoms with Crippen LogP contribution in [0, 0.1) is 5.41 Å². The summed E-state index contributed by atoms with van der Waals surface area (Å²) in [6.07, 6.45) is 2.03. The summed E-state index contributed by atoms with van der Waals surface area (Å²) >= 11 is 0. The molecule has 0 aromatic carbocycles. The first kappa shape index (κ1) is 18.8. The van der Waals surface area contributed by atoms with E-state index in [0.29, 0.717) is 6.04 Å². The molecule has 0 aliphatic carbocycles. The van der Waals surface area contributed by atoms with E-state index in [0.717, 1.165) is 39.1 Å². The lowest BCUT2D eigenvalue weighted by Crippen LogP contribution is -2.55. The fourth-order valence-electron chi connectivity index (χ4n) is 2.69. The second-order valence-corrected chi connectivity index (χ2v) is 6.26. The molecule has 0 aliphatic heterocycles. The molecule has 4 nitrogen and oxygen atoms in total. The Morgan fingerprint density at radius 2 is 1.63 bits per heavy atom. The van der Waals surface area contributed by atoms with Gasteiger partial charge >= 0.3 is 0 Å². The monoisotopic (exact) mass is 274 g/mol. The maximum Gasteiger partial charge on any atom is 0.0589 e. The molecular weight excluding hydrogens is 240 g/mol. The van der Waals surface area contributed by atoms with Crippen LogP contribution >= 0.6 is 0 Å². The molecule has 0 bridgehead atoms. The third-order valence-electron chi connectivity index (χ3n) is 3.53. The first-order valence-corrected chi connectivity index (χ1v) is 7.36. The Kier molecular flexibility index (Phi) is 9.62. The van der Waals surface area contributed by atoms with E-state index in [1.54, 1.807) is 14.2 Å². The summed E-state index contributed by atoms with van der Waals surface area (Å²) in [4.78, 5) is 2.47. The zero-order valence-corrected chi connectivity index (χ0v) is 13.7. The number of methoxy groups -OCH3 is 2.